The molecule has 0 aliphatic rings. The van der Waals surface area contributed by atoms with Gasteiger partial charge in [0.2, 0.25) is 0 Å². The molecule has 1 aromatic heterocycles. The summed E-state index contributed by atoms with van der Waals surface area (Å²) < 4.78 is 6.92. The Bertz CT molecular complexity index is 676. The van der Waals surface area contributed by atoms with Crippen LogP contribution in [0.4, 0.5) is 0 Å². The normalized spacial score (nSPS) is 10.8. The lowest BCUT2D eigenvalue weighted by molar-refractivity contribution is 0.323. The van der Waals surface area contributed by atoms with E-state index in [1.807, 2.05) is 6.07 Å². The predicted molar refractivity (Wildman–Crippen MR) is 85.2 cm³/mol. The maximum absolute atomic E-state index is 5.81. The van der Waals surface area contributed by atoms with E-state index in [2.05, 4.69) is 63.8 Å². The summed E-state index contributed by atoms with van der Waals surface area (Å²) in [6, 6.07) is 16.7. The van der Waals surface area contributed by atoms with Crippen LogP contribution in [0.3, 0.4) is 0 Å². The summed E-state index contributed by atoms with van der Waals surface area (Å²) in [4.78, 5) is 1.37. The monoisotopic (exact) mass is 332 g/mol. The van der Waals surface area contributed by atoms with E-state index in [1.165, 1.54) is 15.6 Å². The predicted octanol–water partition coefficient (Wildman–Crippen LogP) is 5.29. The fourth-order valence-corrected chi connectivity index (χ4v) is 3.08. The fraction of sp³-hybridized carbons (Fsp3) is 0.125. The van der Waals surface area contributed by atoms with Crippen LogP contribution in [0.25, 0.3) is 10.8 Å². The molecule has 0 bridgehead atoms. The molecule has 0 unspecified atom stereocenters. The van der Waals surface area contributed by atoms with E-state index in [0.717, 1.165) is 23.2 Å². The van der Waals surface area contributed by atoms with Gasteiger partial charge in [-0.25, -0.2) is 0 Å². The molecule has 0 aliphatic heterocycles. The van der Waals surface area contributed by atoms with Crippen molar-refractivity contribution in [3.8, 4) is 5.75 Å². The highest BCUT2D eigenvalue weighted by Gasteiger charge is 1.99. The van der Waals surface area contributed by atoms with E-state index < -0.39 is 0 Å². The van der Waals surface area contributed by atoms with Gasteiger partial charge in [0.15, 0.2) is 0 Å². The number of hydrogen-bond acceptors (Lipinski definition) is 2. The molecule has 0 aliphatic carbocycles. The molecule has 0 saturated carbocycles. The molecule has 1 heterocycles. The lowest BCUT2D eigenvalue weighted by atomic mass is 10.1. The largest absolute Gasteiger partial charge is 0.493 e. The van der Waals surface area contributed by atoms with Crippen molar-refractivity contribution in [3.63, 3.8) is 0 Å². The Morgan fingerprint density at radius 1 is 1.00 bits per heavy atom. The SMILES string of the molecule is Brc1ccc2cc(OCCc3cccs3)ccc2c1. The minimum Gasteiger partial charge on any atom is -0.493 e. The minimum atomic E-state index is 0.725. The standard InChI is InChI=1S/C16H13BrOS/c17-14-5-3-13-11-15(6-4-12(13)10-14)18-8-7-16-2-1-9-19-16/h1-6,9-11H,7-8H2. The molecule has 0 spiro atoms. The van der Waals surface area contributed by atoms with Crippen molar-refractivity contribution < 1.29 is 4.74 Å². The Hall–Kier alpha value is -1.32. The molecule has 0 N–H and O–H groups in total. The van der Waals surface area contributed by atoms with E-state index in [1.54, 1.807) is 11.3 Å². The quantitative estimate of drug-likeness (QED) is 0.631. The first-order valence-electron chi connectivity index (χ1n) is 6.16. The fourth-order valence-electron chi connectivity index (χ4n) is 2.01. The van der Waals surface area contributed by atoms with Gasteiger partial charge in [0.25, 0.3) is 0 Å². The number of rotatable bonds is 4. The molecule has 0 amide bonds. The van der Waals surface area contributed by atoms with Gasteiger partial charge in [0, 0.05) is 15.8 Å². The smallest absolute Gasteiger partial charge is 0.119 e. The maximum Gasteiger partial charge on any atom is 0.119 e. The molecule has 96 valence electrons. The second-order valence-electron chi connectivity index (χ2n) is 4.33. The van der Waals surface area contributed by atoms with Gasteiger partial charge in [-0.3, -0.25) is 0 Å². The van der Waals surface area contributed by atoms with E-state index in [0.29, 0.717) is 0 Å². The molecule has 1 nitrogen and oxygen atoms in total. The molecule has 3 heteroatoms. The summed E-state index contributed by atoms with van der Waals surface area (Å²) in [5.74, 6) is 0.936. The highest BCUT2D eigenvalue weighted by molar-refractivity contribution is 9.10. The van der Waals surface area contributed by atoms with Crippen LogP contribution in [0.15, 0.2) is 58.4 Å². The van der Waals surface area contributed by atoms with Crippen LogP contribution in [-0.4, -0.2) is 6.61 Å². The van der Waals surface area contributed by atoms with E-state index in [9.17, 15) is 0 Å². The molecule has 2 aromatic carbocycles. The first-order chi connectivity index (χ1) is 9.31. The number of ether oxygens (including phenoxy) is 1. The topological polar surface area (TPSA) is 9.23 Å². The zero-order chi connectivity index (χ0) is 13.1. The van der Waals surface area contributed by atoms with Gasteiger partial charge in [0.1, 0.15) is 5.75 Å². The molecular formula is C16H13BrOS. The Kier molecular flexibility index (Phi) is 3.85. The summed E-state index contributed by atoms with van der Waals surface area (Å²) in [6.07, 6.45) is 0.968. The van der Waals surface area contributed by atoms with E-state index in [4.69, 9.17) is 4.74 Å². The maximum atomic E-state index is 5.81. The number of thiophene rings is 1. The van der Waals surface area contributed by atoms with Crippen LogP contribution in [0, 0.1) is 0 Å². The Morgan fingerprint density at radius 2 is 1.84 bits per heavy atom. The van der Waals surface area contributed by atoms with Gasteiger partial charge < -0.3 is 4.74 Å². The number of hydrogen-bond donors (Lipinski definition) is 0. The highest BCUT2D eigenvalue weighted by atomic mass is 79.9. The van der Waals surface area contributed by atoms with Crippen LogP contribution in [0.5, 0.6) is 5.75 Å². The molecule has 19 heavy (non-hydrogen) atoms. The molecule has 3 aromatic rings. The first kappa shape index (κ1) is 12.7. The number of benzene rings is 2. The van der Waals surface area contributed by atoms with E-state index in [-0.39, 0.29) is 0 Å². The Morgan fingerprint density at radius 3 is 2.68 bits per heavy atom. The summed E-state index contributed by atoms with van der Waals surface area (Å²) in [6.45, 7) is 0.725. The van der Waals surface area contributed by atoms with Crippen LogP contribution in [-0.2, 0) is 6.42 Å². The number of fused-ring (bicyclic) bond motifs is 1. The summed E-state index contributed by atoms with van der Waals surface area (Å²) in [5.41, 5.74) is 0. The molecule has 0 radical (unpaired) electrons. The third-order valence-electron chi connectivity index (χ3n) is 2.97. The van der Waals surface area contributed by atoms with Gasteiger partial charge in [-0.1, -0.05) is 34.1 Å². The summed E-state index contributed by atoms with van der Waals surface area (Å²) in [7, 11) is 0. The average molecular weight is 333 g/mol. The molecular weight excluding hydrogens is 320 g/mol. The van der Waals surface area contributed by atoms with Crippen molar-refractivity contribution in [3.05, 3.63) is 63.3 Å². The van der Waals surface area contributed by atoms with Gasteiger partial charge in [-0.05, 0) is 46.5 Å². The van der Waals surface area contributed by atoms with Crippen LogP contribution >= 0.6 is 27.3 Å². The summed E-state index contributed by atoms with van der Waals surface area (Å²) >= 11 is 5.26. The molecule has 0 saturated heterocycles. The van der Waals surface area contributed by atoms with Crippen molar-refractivity contribution in [2.75, 3.05) is 6.61 Å². The zero-order valence-electron chi connectivity index (χ0n) is 10.3. The average Bonchev–Trinajstić information content (AvgIpc) is 2.92. The third kappa shape index (κ3) is 3.17. The third-order valence-corrected chi connectivity index (χ3v) is 4.40. The minimum absolute atomic E-state index is 0.725. The van der Waals surface area contributed by atoms with Gasteiger partial charge in [-0.15, -0.1) is 11.3 Å². The van der Waals surface area contributed by atoms with Crippen molar-refractivity contribution in [2.24, 2.45) is 0 Å². The van der Waals surface area contributed by atoms with Crippen molar-refractivity contribution in [1.29, 1.82) is 0 Å². The summed E-state index contributed by atoms with van der Waals surface area (Å²) in [5, 5.41) is 4.53. The Balaban J connectivity index is 1.69. The molecule has 3 rings (SSSR count). The van der Waals surface area contributed by atoms with Gasteiger partial charge >= 0.3 is 0 Å². The van der Waals surface area contributed by atoms with Crippen LogP contribution in [0.2, 0.25) is 0 Å². The Labute approximate surface area is 125 Å². The lowest BCUT2D eigenvalue weighted by Gasteiger charge is -2.07. The van der Waals surface area contributed by atoms with Crippen LogP contribution in [0.1, 0.15) is 4.88 Å². The van der Waals surface area contributed by atoms with Gasteiger partial charge in [0.05, 0.1) is 6.61 Å². The molecule has 0 fully saturated rings. The molecule has 0 atom stereocenters. The van der Waals surface area contributed by atoms with Crippen molar-refractivity contribution >= 4 is 38.0 Å². The second-order valence-corrected chi connectivity index (χ2v) is 6.28. The second kappa shape index (κ2) is 5.76. The number of halogens is 1. The highest BCUT2D eigenvalue weighted by Crippen LogP contribution is 2.24. The van der Waals surface area contributed by atoms with Crippen LogP contribution < -0.4 is 4.74 Å². The zero-order valence-corrected chi connectivity index (χ0v) is 12.7. The lowest BCUT2D eigenvalue weighted by Crippen LogP contribution is -1.99. The van der Waals surface area contributed by atoms with Gasteiger partial charge in [-0.2, -0.15) is 0 Å². The van der Waals surface area contributed by atoms with Crippen molar-refractivity contribution in [1.82, 2.24) is 0 Å². The van der Waals surface area contributed by atoms with E-state index >= 15 is 0 Å². The first-order valence-corrected chi connectivity index (χ1v) is 7.83. The van der Waals surface area contributed by atoms with Crippen molar-refractivity contribution in [2.45, 2.75) is 6.42 Å².